The standard InChI is InChI=1S/C8H7Br2NO2/c1-3-5(9)4(2)11-7(6(3)10)8(12)13/h1-2H3,(H,12,13). The van der Waals surface area contributed by atoms with E-state index in [0.29, 0.717) is 10.2 Å². The van der Waals surface area contributed by atoms with Gasteiger partial charge in [-0.2, -0.15) is 0 Å². The first kappa shape index (κ1) is 10.7. The van der Waals surface area contributed by atoms with E-state index in [1.54, 1.807) is 6.92 Å². The lowest BCUT2D eigenvalue weighted by Crippen LogP contribution is -2.05. The Hall–Kier alpha value is -0.420. The number of carboxylic acids is 1. The first-order valence-corrected chi connectivity index (χ1v) is 5.09. The monoisotopic (exact) mass is 307 g/mol. The van der Waals surface area contributed by atoms with E-state index in [-0.39, 0.29) is 5.69 Å². The summed E-state index contributed by atoms with van der Waals surface area (Å²) in [6, 6.07) is 0. The van der Waals surface area contributed by atoms with Crippen molar-refractivity contribution < 1.29 is 9.90 Å². The van der Waals surface area contributed by atoms with Gasteiger partial charge in [0.2, 0.25) is 0 Å². The number of carboxylic acid groups (broad SMARTS) is 1. The maximum atomic E-state index is 10.7. The number of carbonyl (C=O) groups is 1. The molecule has 0 atom stereocenters. The van der Waals surface area contributed by atoms with Crippen LogP contribution in [0.25, 0.3) is 0 Å². The third-order valence-corrected chi connectivity index (χ3v) is 3.80. The molecule has 0 aliphatic rings. The van der Waals surface area contributed by atoms with Gasteiger partial charge in [0.25, 0.3) is 0 Å². The van der Waals surface area contributed by atoms with E-state index in [0.717, 1.165) is 10.0 Å². The second kappa shape index (κ2) is 3.75. The fourth-order valence-electron chi connectivity index (χ4n) is 0.953. The van der Waals surface area contributed by atoms with Gasteiger partial charge in [-0.1, -0.05) is 0 Å². The zero-order valence-electron chi connectivity index (χ0n) is 7.06. The van der Waals surface area contributed by atoms with Crippen molar-refractivity contribution in [1.82, 2.24) is 4.98 Å². The predicted octanol–water partition coefficient (Wildman–Crippen LogP) is 2.92. The molecule has 13 heavy (non-hydrogen) atoms. The third-order valence-electron chi connectivity index (χ3n) is 1.67. The lowest BCUT2D eigenvalue weighted by atomic mass is 10.2. The van der Waals surface area contributed by atoms with Gasteiger partial charge in [0.05, 0.1) is 10.2 Å². The Labute approximate surface area is 92.4 Å². The van der Waals surface area contributed by atoms with Crippen LogP contribution in [-0.4, -0.2) is 16.1 Å². The molecule has 1 aromatic heterocycles. The van der Waals surface area contributed by atoms with E-state index >= 15 is 0 Å². The Kier molecular flexibility index (Phi) is 3.08. The molecule has 1 heterocycles. The van der Waals surface area contributed by atoms with E-state index in [1.165, 1.54) is 0 Å². The molecule has 3 nitrogen and oxygen atoms in total. The van der Waals surface area contributed by atoms with Gasteiger partial charge in [-0.05, 0) is 51.3 Å². The average molecular weight is 309 g/mol. The van der Waals surface area contributed by atoms with Gasteiger partial charge in [-0.25, -0.2) is 9.78 Å². The van der Waals surface area contributed by atoms with Crippen LogP contribution >= 0.6 is 31.9 Å². The maximum absolute atomic E-state index is 10.7. The van der Waals surface area contributed by atoms with Crippen molar-refractivity contribution in [3.63, 3.8) is 0 Å². The molecule has 0 spiro atoms. The van der Waals surface area contributed by atoms with Crippen LogP contribution in [-0.2, 0) is 0 Å². The van der Waals surface area contributed by atoms with Crippen molar-refractivity contribution in [1.29, 1.82) is 0 Å². The molecule has 0 fully saturated rings. The highest BCUT2D eigenvalue weighted by atomic mass is 79.9. The van der Waals surface area contributed by atoms with Crippen molar-refractivity contribution in [3.05, 3.63) is 25.9 Å². The summed E-state index contributed by atoms with van der Waals surface area (Å²) < 4.78 is 1.36. The molecule has 0 unspecified atom stereocenters. The van der Waals surface area contributed by atoms with Crippen LogP contribution in [0.5, 0.6) is 0 Å². The summed E-state index contributed by atoms with van der Waals surface area (Å²) in [4.78, 5) is 14.7. The maximum Gasteiger partial charge on any atom is 0.355 e. The second-order valence-electron chi connectivity index (χ2n) is 2.60. The van der Waals surface area contributed by atoms with Crippen LogP contribution in [0.2, 0.25) is 0 Å². The smallest absolute Gasteiger partial charge is 0.355 e. The molecule has 0 amide bonds. The average Bonchev–Trinajstić information content (AvgIpc) is 2.07. The quantitative estimate of drug-likeness (QED) is 0.868. The van der Waals surface area contributed by atoms with E-state index < -0.39 is 5.97 Å². The summed E-state index contributed by atoms with van der Waals surface area (Å²) in [6.45, 7) is 3.59. The molecule has 0 radical (unpaired) electrons. The van der Waals surface area contributed by atoms with Crippen LogP contribution in [0.4, 0.5) is 0 Å². The van der Waals surface area contributed by atoms with Gasteiger partial charge in [-0.15, -0.1) is 0 Å². The molecule has 70 valence electrons. The summed E-state index contributed by atoms with van der Waals surface area (Å²) in [5.74, 6) is -1.02. The Morgan fingerprint density at radius 1 is 1.31 bits per heavy atom. The normalized spacial score (nSPS) is 10.2. The number of halogens is 2. The van der Waals surface area contributed by atoms with Crippen molar-refractivity contribution in [3.8, 4) is 0 Å². The fourth-order valence-corrected chi connectivity index (χ4v) is 1.96. The van der Waals surface area contributed by atoms with Gasteiger partial charge >= 0.3 is 5.97 Å². The molecule has 0 aromatic carbocycles. The minimum atomic E-state index is -1.02. The Morgan fingerprint density at radius 2 is 1.85 bits per heavy atom. The highest BCUT2D eigenvalue weighted by molar-refractivity contribution is 9.11. The first-order valence-electron chi connectivity index (χ1n) is 3.50. The molecule has 0 bridgehead atoms. The largest absolute Gasteiger partial charge is 0.476 e. The molecule has 0 aliphatic carbocycles. The molecule has 1 aromatic rings. The summed E-state index contributed by atoms with van der Waals surface area (Å²) in [5, 5.41) is 8.80. The molecule has 0 aliphatic heterocycles. The number of rotatable bonds is 1. The summed E-state index contributed by atoms with van der Waals surface area (Å²) in [5.41, 5.74) is 1.58. The van der Waals surface area contributed by atoms with Gasteiger partial charge in [0.15, 0.2) is 5.69 Å². The lowest BCUT2D eigenvalue weighted by molar-refractivity contribution is 0.0689. The highest BCUT2D eigenvalue weighted by Gasteiger charge is 2.15. The number of hydrogen-bond acceptors (Lipinski definition) is 2. The zero-order chi connectivity index (χ0) is 10.2. The third kappa shape index (κ3) is 1.91. The molecular weight excluding hydrogens is 302 g/mol. The summed E-state index contributed by atoms with van der Waals surface area (Å²) >= 11 is 6.52. The topological polar surface area (TPSA) is 50.2 Å². The van der Waals surface area contributed by atoms with Crippen molar-refractivity contribution >= 4 is 37.8 Å². The summed E-state index contributed by atoms with van der Waals surface area (Å²) in [6.07, 6.45) is 0. The minimum absolute atomic E-state index is 0.0539. The van der Waals surface area contributed by atoms with Gasteiger partial charge < -0.3 is 5.11 Å². The zero-order valence-corrected chi connectivity index (χ0v) is 10.2. The molecular formula is C8H7Br2NO2. The van der Waals surface area contributed by atoms with Gasteiger partial charge in [0, 0.05) is 4.47 Å². The van der Waals surface area contributed by atoms with Crippen molar-refractivity contribution in [2.24, 2.45) is 0 Å². The van der Waals surface area contributed by atoms with E-state index in [4.69, 9.17) is 5.11 Å². The van der Waals surface area contributed by atoms with Gasteiger partial charge in [0.1, 0.15) is 0 Å². The van der Waals surface area contributed by atoms with E-state index in [9.17, 15) is 4.79 Å². The van der Waals surface area contributed by atoms with Crippen LogP contribution in [0.3, 0.4) is 0 Å². The van der Waals surface area contributed by atoms with Gasteiger partial charge in [-0.3, -0.25) is 0 Å². The number of aryl methyl sites for hydroxylation is 1. The second-order valence-corrected chi connectivity index (χ2v) is 4.19. The minimum Gasteiger partial charge on any atom is -0.476 e. The fraction of sp³-hybridized carbons (Fsp3) is 0.250. The predicted molar refractivity (Wildman–Crippen MR) is 56.1 cm³/mol. The Bertz CT molecular complexity index is 377. The van der Waals surface area contributed by atoms with Crippen molar-refractivity contribution in [2.45, 2.75) is 13.8 Å². The summed E-state index contributed by atoms with van der Waals surface area (Å²) in [7, 11) is 0. The van der Waals surface area contributed by atoms with Crippen LogP contribution < -0.4 is 0 Å². The number of pyridine rings is 1. The van der Waals surface area contributed by atoms with Crippen LogP contribution in [0, 0.1) is 13.8 Å². The lowest BCUT2D eigenvalue weighted by Gasteiger charge is -2.07. The number of aromatic carboxylic acids is 1. The SMILES string of the molecule is Cc1nc(C(=O)O)c(Br)c(C)c1Br. The van der Waals surface area contributed by atoms with Crippen molar-refractivity contribution in [2.75, 3.05) is 0 Å². The van der Waals surface area contributed by atoms with Crippen LogP contribution in [0.15, 0.2) is 8.95 Å². The molecule has 0 saturated heterocycles. The Balaban J connectivity index is 3.50. The first-order chi connectivity index (χ1) is 5.95. The number of hydrogen-bond donors (Lipinski definition) is 1. The van der Waals surface area contributed by atoms with E-state index in [2.05, 4.69) is 36.8 Å². The molecule has 1 N–H and O–H groups in total. The number of nitrogens with zero attached hydrogens (tertiary/aromatic N) is 1. The number of aromatic nitrogens is 1. The molecule has 0 saturated carbocycles. The van der Waals surface area contributed by atoms with Crippen LogP contribution in [0.1, 0.15) is 21.7 Å². The molecule has 1 rings (SSSR count). The Morgan fingerprint density at radius 3 is 2.31 bits per heavy atom. The van der Waals surface area contributed by atoms with E-state index in [1.807, 2.05) is 6.92 Å². The molecule has 5 heteroatoms. The highest BCUT2D eigenvalue weighted by Crippen LogP contribution is 2.28.